The van der Waals surface area contributed by atoms with Crippen LogP contribution in [0.25, 0.3) is 0 Å². The second-order valence-electron chi connectivity index (χ2n) is 5.01. The summed E-state index contributed by atoms with van der Waals surface area (Å²) in [5.74, 6) is 0.614. The molecule has 0 bridgehead atoms. The average Bonchev–Trinajstić information content (AvgIpc) is 2.53. The Kier molecular flexibility index (Phi) is 3.94. The molecule has 1 saturated carbocycles. The van der Waals surface area contributed by atoms with Gasteiger partial charge in [-0.05, 0) is 25.8 Å². The zero-order chi connectivity index (χ0) is 12.1. The van der Waals surface area contributed by atoms with E-state index in [1.54, 1.807) is 6.20 Å². The van der Waals surface area contributed by atoms with Crippen molar-refractivity contribution in [1.29, 1.82) is 0 Å². The van der Waals surface area contributed by atoms with Gasteiger partial charge >= 0.3 is 0 Å². The first-order valence-electron chi connectivity index (χ1n) is 6.44. The van der Waals surface area contributed by atoms with Gasteiger partial charge in [-0.15, -0.1) is 0 Å². The Labute approximate surface area is 102 Å². The van der Waals surface area contributed by atoms with Crippen LogP contribution in [0.15, 0.2) is 12.3 Å². The third kappa shape index (κ3) is 3.66. The van der Waals surface area contributed by atoms with Crippen molar-refractivity contribution >= 4 is 5.95 Å². The summed E-state index contributed by atoms with van der Waals surface area (Å²) in [6.07, 6.45) is 8.21. The Morgan fingerprint density at radius 3 is 2.65 bits per heavy atom. The van der Waals surface area contributed by atoms with Crippen molar-refractivity contribution < 1.29 is 5.11 Å². The monoisotopic (exact) mass is 235 g/mol. The average molecular weight is 235 g/mol. The van der Waals surface area contributed by atoms with Crippen molar-refractivity contribution in [1.82, 2.24) is 9.97 Å². The minimum absolute atomic E-state index is 0.552. The molecule has 1 heterocycles. The molecule has 1 aliphatic carbocycles. The van der Waals surface area contributed by atoms with Crippen LogP contribution in [0.2, 0.25) is 0 Å². The van der Waals surface area contributed by atoms with Crippen LogP contribution in [0.3, 0.4) is 0 Å². The summed E-state index contributed by atoms with van der Waals surface area (Å²) in [4.78, 5) is 8.42. The summed E-state index contributed by atoms with van der Waals surface area (Å²) in [7, 11) is 0. The highest BCUT2D eigenvalue weighted by atomic mass is 16.3. The highest BCUT2D eigenvalue weighted by Crippen LogP contribution is 2.26. The lowest BCUT2D eigenvalue weighted by Crippen LogP contribution is -2.36. The molecule has 0 aromatic carbocycles. The van der Waals surface area contributed by atoms with E-state index in [9.17, 15) is 5.11 Å². The Hall–Kier alpha value is -1.16. The number of aryl methyl sites for hydroxylation is 1. The summed E-state index contributed by atoms with van der Waals surface area (Å²) in [5.41, 5.74) is 0.360. The van der Waals surface area contributed by atoms with E-state index in [4.69, 9.17) is 0 Å². The topological polar surface area (TPSA) is 58.0 Å². The maximum atomic E-state index is 10.5. The van der Waals surface area contributed by atoms with Gasteiger partial charge in [0.1, 0.15) is 0 Å². The lowest BCUT2D eigenvalue weighted by Gasteiger charge is -2.26. The standard InChI is InChI=1S/C13H21N3O/c1-11-6-9-14-12(16-11)15-10-13(17)7-4-2-3-5-8-13/h6,9,17H,2-5,7-8,10H2,1H3,(H,14,15,16). The zero-order valence-electron chi connectivity index (χ0n) is 10.4. The molecular weight excluding hydrogens is 214 g/mol. The summed E-state index contributed by atoms with van der Waals surface area (Å²) >= 11 is 0. The number of rotatable bonds is 3. The molecule has 0 atom stereocenters. The molecule has 4 nitrogen and oxygen atoms in total. The maximum absolute atomic E-state index is 10.5. The molecule has 2 rings (SSSR count). The van der Waals surface area contributed by atoms with E-state index in [1.165, 1.54) is 12.8 Å². The van der Waals surface area contributed by atoms with Gasteiger partial charge in [0.05, 0.1) is 5.60 Å². The Balaban J connectivity index is 1.92. The number of anilines is 1. The number of hydrogen-bond acceptors (Lipinski definition) is 4. The number of aromatic nitrogens is 2. The van der Waals surface area contributed by atoms with Gasteiger partial charge in [0, 0.05) is 18.4 Å². The van der Waals surface area contributed by atoms with Gasteiger partial charge in [0.25, 0.3) is 0 Å². The van der Waals surface area contributed by atoms with Crippen LogP contribution >= 0.6 is 0 Å². The molecule has 17 heavy (non-hydrogen) atoms. The van der Waals surface area contributed by atoms with Crippen LogP contribution < -0.4 is 5.32 Å². The molecule has 0 radical (unpaired) electrons. The highest BCUT2D eigenvalue weighted by Gasteiger charge is 2.27. The minimum Gasteiger partial charge on any atom is -0.388 e. The van der Waals surface area contributed by atoms with E-state index < -0.39 is 5.60 Å². The van der Waals surface area contributed by atoms with Gasteiger partial charge in [-0.1, -0.05) is 25.7 Å². The summed E-state index contributed by atoms with van der Waals surface area (Å²) in [5, 5.41) is 13.6. The zero-order valence-corrected chi connectivity index (χ0v) is 10.4. The van der Waals surface area contributed by atoms with Crippen LogP contribution in [0.5, 0.6) is 0 Å². The van der Waals surface area contributed by atoms with Crippen LogP contribution in [-0.4, -0.2) is 27.2 Å². The second kappa shape index (κ2) is 5.45. The normalized spacial score (nSPS) is 19.6. The third-order valence-electron chi connectivity index (χ3n) is 3.40. The summed E-state index contributed by atoms with van der Waals surface area (Å²) in [6, 6.07) is 1.87. The van der Waals surface area contributed by atoms with Gasteiger partial charge in [0.15, 0.2) is 0 Å². The van der Waals surface area contributed by atoms with Crippen LogP contribution in [0.4, 0.5) is 5.95 Å². The molecule has 94 valence electrons. The fraction of sp³-hybridized carbons (Fsp3) is 0.692. The predicted octanol–water partition coefficient (Wildman–Crippen LogP) is 2.28. The van der Waals surface area contributed by atoms with Gasteiger partial charge in [0.2, 0.25) is 5.95 Å². The maximum Gasteiger partial charge on any atom is 0.222 e. The van der Waals surface area contributed by atoms with Crippen LogP contribution in [-0.2, 0) is 0 Å². The van der Waals surface area contributed by atoms with Crippen molar-refractivity contribution in [3.05, 3.63) is 18.0 Å². The van der Waals surface area contributed by atoms with Gasteiger partial charge in [-0.3, -0.25) is 0 Å². The molecule has 1 aromatic rings. The van der Waals surface area contributed by atoms with E-state index in [2.05, 4.69) is 15.3 Å². The molecular formula is C13H21N3O. The molecule has 0 aliphatic heterocycles. The molecule has 1 aliphatic rings. The lowest BCUT2D eigenvalue weighted by molar-refractivity contribution is 0.0379. The first-order chi connectivity index (χ1) is 8.18. The van der Waals surface area contributed by atoms with Crippen molar-refractivity contribution in [2.45, 2.75) is 51.0 Å². The molecule has 1 fully saturated rings. The Morgan fingerprint density at radius 2 is 2.00 bits per heavy atom. The second-order valence-corrected chi connectivity index (χ2v) is 5.01. The first-order valence-corrected chi connectivity index (χ1v) is 6.44. The Bertz CT molecular complexity index is 359. The molecule has 4 heteroatoms. The lowest BCUT2D eigenvalue weighted by atomic mass is 9.95. The molecule has 2 N–H and O–H groups in total. The smallest absolute Gasteiger partial charge is 0.222 e. The van der Waals surface area contributed by atoms with E-state index in [0.29, 0.717) is 12.5 Å². The third-order valence-corrected chi connectivity index (χ3v) is 3.40. The van der Waals surface area contributed by atoms with Gasteiger partial charge in [-0.2, -0.15) is 0 Å². The van der Waals surface area contributed by atoms with E-state index in [0.717, 1.165) is 31.4 Å². The van der Waals surface area contributed by atoms with Crippen molar-refractivity contribution in [3.63, 3.8) is 0 Å². The van der Waals surface area contributed by atoms with E-state index in [-0.39, 0.29) is 0 Å². The minimum atomic E-state index is -0.580. The van der Waals surface area contributed by atoms with Crippen molar-refractivity contribution in [2.75, 3.05) is 11.9 Å². The van der Waals surface area contributed by atoms with E-state index >= 15 is 0 Å². The first kappa shape index (κ1) is 12.3. The molecule has 0 saturated heterocycles. The number of nitrogens with one attached hydrogen (secondary N) is 1. The number of hydrogen-bond donors (Lipinski definition) is 2. The fourth-order valence-electron chi connectivity index (χ4n) is 2.34. The quantitative estimate of drug-likeness (QED) is 0.789. The summed E-state index contributed by atoms with van der Waals surface area (Å²) in [6.45, 7) is 2.49. The predicted molar refractivity (Wildman–Crippen MR) is 67.9 cm³/mol. The van der Waals surface area contributed by atoms with Crippen molar-refractivity contribution in [3.8, 4) is 0 Å². The van der Waals surface area contributed by atoms with Gasteiger partial charge < -0.3 is 10.4 Å². The van der Waals surface area contributed by atoms with Crippen LogP contribution in [0, 0.1) is 6.92 Å². The number of aliphatic hydroxyl groups is 1. The number of nitrogens with zero attached hydrogens (tertiary/aromatic N) is 2. The fourth-order valence-corrected chi connectivity index (χ4v) is 2.34. The largest absolute Gasteiger partial charge is 0.388 e. The molecule has 0 unspecified atom stereocenters. The molecule has 1 aromatic heterocycles. The molecule has 0 spiro atoms. The van der Waals surface area contributed by atoms with Gasteiger partial charge in [-0.25, -0.2) is 9.97 Å². The van der Waals surface area contributed by atoms with E-state index in [1.807, 2.05) is 13.0 Å². The Morgan fingerprint density at radius 1 is 1.29 bits per heavy atom. The highest BCUT2D eigenvalue weighted by molar-refractivity contribution is 5.25. The SMILES string of the molecule is Cc1ccnc(NCC2(O)CCCCCC2)n1. The summed E-state index contributed by atoms with van der Waals surface area (Å²) < 4.78 is 0. The van der Waals surface area contributed by atoms with Crippen LogP contribution in [0.1, 0.15) is 44.2 Å². The molecule has 0 amide bonds. The van der Waals surface area contributed by atoms with Crippen molar-refractivity contribution in [2.24, 2.45) is 0 Å².